The average molecular weight is 610 g/mol. The van der Waals surface area contributed by atoms with E-state index in [2.05, 4.69) is 63.7 Å². The van der Waals surface area contributed by atoms with Gasteiger partial charge in [-0.3, -0.25) is 0 Å². The van der Waals surface area contributed by atoms with E-state index >= 15 is 0 Å². The molecule has 0 spiro atoms. The van der Waals surface area contributed by atoms with Crippen molar-refractivity contribution in [1.29, 1.82) is 0 Å². The number of hydrogen-bond donors (Lipinski definition) is 4. The standard InChI is InChI=1S/C39H51N3O3/c1-22-14-16-31(17-15-22)45-29(8)41-20-30-18-32(42(12)13)24(3)34(23(30)2)25(4)36-27(6)39(44)26(5)35(28(7)40)33(43)19-38(39,11)21-37(36,9)10/h14-18,41,43-44H,4-5,7-8,19-21,40H2,1-3,6,9-13H3/t38-,39-/m1/s1. The van der Waals surface area contributed by atoms with E-state index in [9.17, 15) is 10.2 Å². The summed E-state index contributed by atoms with van der Waals surface area (Å²) in [6, 6.07) is 10.1. The van der Waals surface area contributed by atoms with E-state index in [1.165, 1.54) is 0 Å². The summed E-state index contributed by atoms with van der Waals surface area (Å²) in [7, 11) is 4.08. The lowest BCUT2D eigenvalue weighted by molar-refractivity contribution is -0.0573. The highest BCUT2D eigenvalue weighted by atomic mass is 16.5. The topological polar surface area (TPSA) is 91.0 Å². The summed E-state index contributed by atoms with van der Waals surface area (Å²) in [5, 5.41) is 27.0. The third-order valence-electron chi connectivity index (χ3n) is 9.96. The Kier molecular flexibility index (Phi) is 8.73. The fourth-order valence-electron chi connectivity index (χ4n) is 8.10. The second-order valence-corrected chi connectivity index (χ2v) is 14.1. The highest BCUT2D eigenvalue weighted by molar-refractivity contribution is 5.87. The maximum Gasteiger partial charge on any atom is 0.186 e. The van der Waals surface area contributed by atoms with Gasteiger partial charge in [-0.05, 0) is 109 Å². The maximum absolute atomic E-state index is 12.7. The van der Waals surface area contributed by atoms with Gasteiger partial charge in [-0.15, -0.1) is 0 Å². The molecule has 0 saturated heterocycles. The molecule has 2 atom stereocenters. The van der Waals surface area contributed by atoms with E-state index in [-0.39, 0.29) is 23.3 Å². The monoisotopic (exact) mass is 609 g/mol. The van der Waals surface area contributed by atoms with Crippen molar-refractivity contribution in [2.45, 2.75) is 73.5 Å². The van der Waals surface area contributed by atoms with Gasteiger partial charge in [0.05, 0.1) is 0 Å². The highest BCUT2D eigenvalue weighted by Gasteiger charge is 2.60. The molecule has 6 heteroatoms. The van der Waals surface area contributed by atoms with Crippen LogP contribution in [-0.2, 0) is 6.54 Å². The fraction of sp³-hybridized carbons (Fsp3) is 0.385. The number of hydrogen-bond acceptors (Lipinski definition) is 6. The zero-order chi connectivity index (χ0) is 33.8. The summed E-state index contributed by atoms with van der Waals surface area (Å²) in [6.07, 6.45) is 0.874. The van der Waals surface area contributed by atoms with Crippen LogP contribution in [0.4, 0.5) is 5.69 Å². The first-order valence-electron chi connectivity index (χ1n) is 15.4. The smallest absolute Gasteiger partial charge is 0.186 e. The van der Waals surface area contributed by atoms with Gasteiger partial charge in [0.15, 0.2) is 5.88 Å². The second-order valence-electron chi connectivity index (χ2n) is 14.1. The van der Waals surface area contributed by atoms with Crippen LogP contribution in [-0.4, -0.2) is 29.9 Å². The zero-order valence-corrected chi connectivity index (χ0v) is 28.7. The molecule has 240 valence electrons. The number of allylic oxidation sites excluding steroid dienone is 4. The van der Waals surface area contributed by atoms with Gasteiger partial charge < -0.3 is 30.9 Å². The fourth-order valence-corrected chi connectivity index (χ4v) is 8.10. The molecular weight excluding hydrogens is 558 g/mol. The molecule has 0 aromatic heterocycles. The van der Waals surface area contributed by atoms with Crippen LogP contribution in [0.3, 0.4) is 0 Å². The summed E-state index contributed by atoms with van der Waals surface area (Å²) in [5.41, 5.74) is 13.7. The molecule has 4 rings (SSSR count). The van der Waals surface area contributed by atoms with Gasteiger partial charge >= 0.3 is 0 Å². The lowest BCUT2D eigenvalue weighted by atomic mass is 9.48. The van der Waals surface area contributed by atoms with Gasteiger partial charge in [0.1, 0.15) is 17.1 Å². The zero-order valence-electron chi connectivity index (χ0n) is 28.7. The van der Waals surface area contributed by atoms with Crippen LogP contribution >= 0.6 is 0 Å². The van der Waals surface area contributed by atoms with Gasteiger partial charge in [-0.2, -0.15) is 0 Å². The maximum atomic E-state index is 12.7. The Bertz CT molecular complexity index is 1670. The van der Waals surface area contributed by atoms with Gasteiger partial charge in [0, 0.05) is 49.4 Å². The van der Waals surface area contributed by atoms with Gasteiger partial charge in [0.2, 0.25) is 0 Å². The summed E-state index contributed by atoms with van der Waals surface area (Å²) in [4.78, 5) is 2.11. The van der Waals surface area contributed by atoms with Crippen molar-refractivity contribution >= 4 is 11.3 Å². The summed E-state index contributed by atoms with van der Waals surface area (Å²) < 4.78 is 5.95. The first-order chi connectivity index (χ1) is 20.8. The number of fused-ring (bicyclic) bond motifs is 1. The SMILES string of the molecule is C=C(NCc1cc(N(C)C)c(C)c(C(=C)C2=C(C)[C@]3(O)C(=C)C(C(=C)N)=C(O)C[C@]3(C)CC2(C)C)c1C)Oc1ccc(C)cc1. The number of anilines is 1. The molecule has 45 heavy (non-hydrogen) atoms. The number of nitrogens with zero attached hydrogens (tertiary/aromatic N) is 1. The minimum Gasteiger partial charge on any atom is -0.512 e. The number of aliphatic hydroxyl groups is 2. The van der Waals surface area contributed by atoms with Crippen LogP contribution in [0.15, 0.2) is 96.3 Å². The first-order valence-corrected chi connectivity index (χ1v) is 15.4. The Morgan fingerprint density at radius 3 is 2.18 bits per heavy atom. The number of benzene rings is 2. The molecule has 2 aromatic carbocycles. The molecule has 2 aliphatic carbocycles. The molecule has 0 radical (unpaired) electrons. The molecule has 0 heterocycles. The average Bonchev–Trinajstić information content (AvgIpc) is 2.91. The lowest BCUT2D eigenvalue weighted by Crippen LogP contribution is -2.57. The van der Waals surface area contributed by atoms with Crippen molar-refractivity contribution in [3.63, 3.8) is 0 Å². The van der Waals surface area contributed by atoms with Crippen LogP contribution < -0.4 is 20.7 Å². The van der Waals surface area contributed by atoms with E-state index in [1.54, 1.807) is 0 Å². The predicted octanol–water partition coefficient (Wildman–Crippen LogP) is 8.06. The van der Waals surface area contributed by atoms with E-state index in [0.717, 1.165) is 56.0 Å². The van der Waals surface area contributed by atoms with Crippen LogP contribution in [0.1, 0.15) is 68.4 Å². The Morgan fingerprint density at radius 1 is 1.02 bits per heavy atom. The molecule has 2 aromatic rings. The van der Waals surface area contributed by atoms with E-state index in [1.807, 2.05) is 59.1 Å². The predicted molar refractivity (Wildman–Crippen MR) is 188 cm³/mol. The molecule has 5 N–H and O–H groups in total. The second kappa shape index (κ2) is 11.6. The minimum absolute atomic E-state index is 0.126. The highest BCUT2D eigenvalue weighted by Crippen LogP contribution is 2.64. The number of aryl methyl sites for hydroxylation is 1. The van der Waals surface area contributed by atoms with Crippen molar-refractivity contribution < 1.29 is 14.9 Å². The van der Waals surface area contributed by atoms with Gasteiger partial charge in [0.25, 0.3) is 0 Å². The van der Waals surface area contributed by atoms with E-state index in [0.29, 0.717) is 30.0 Å². The molecule has 0 fully saturated rings. The summed E-state index contributed by atoms with van der Waals surface area (Å²) in [6.45, 7) is 32.1. The van der Waals surface area contributed by atoms with E-state index < -0.39 is 11.0 Å². The molecule has 2 aliphatic rings. The number of ether oxygens (including phenoxy) is 1. The van der Waals surface area contributed by atoms with Crippen molar-refractivity contribution in [2.75, 3.05) is 19.0 Å². The van der Waals surface area contributed by atoms with Crippen LogP contribution in [0, 0.1) is 31.6 Å². The van der Waals surface area contributed by atoms with Crippen LogP contribution in [0.25, 0.3) is 5.57 Å². The summed E-state index contributed by atoms with van der Waals surface area (Å²) in [5.74, 6) is 1.31. The van der Waals surface area contributed by atoms with Crippen molar-refractivity contribution in [2.24, 2.45) is 16.6 Å². The minimum atomic E-state index is -1.44. The largest absolute Gasteiger partial charge is 0.512 e. The van der Waals surface area contributed by atoms with E-state index in [4.69, 9.17) is 17.0 Å². The number of rotatable bonds is 9. The van der Waals surface area contributed by atoms with Crippen molar-refractivity contribution in [1.82, 2.24) is 5.32 Å². The third kappa shape index (κ3) is 5.61. The Balaban J connectivity index is 1.81. The molecule has 0 amide bonds. The normalized spacial score (nSPS) is 22.6. The Labute approximate surface area is 270 Å². The quantitative estimate of drug-likeness (QED) is 0.215. The van der Waals surface area contributed by atoms with Crippen LogP contribution in [0.2, 0.25) is 0 Å². The molecule has 0 aliphatic heterocycles. The molecule has 6 nitrogen and oxygen atoms in total. The number of nitrogens with one attached hydrogen (secondary N) is 1. The molecular formula is C39H51N3O3. The Morgan fingerprint density at radius 2 is 1.62 bits per heavy atom. The third-order valence-corrected chi connectivity index (χ3v) is 9.96. The van der Waals surface area contributed by atoms with Crippen molar-refractivity contribution in [3.8, 4) is 5.75 Å². The Hall–Kier alpha value is -4.16. The van der Waals surface area contributed by atoms with Gasteiger partial charge in [-0.1, -0.05) is 58.2 Å². The first kappa shape index (κ1) is 33.7. The van der Waals surface area contributed by atoms with Gasteiger partial charge in [-0.25, -0.2) is 0 Å². The molecule has 0 bridgehead atoms. The van der Waals surface area contributed by atoms with Crippen LogP contribution in [0.5, 0.6) is 5.75 Å². The summed E-state index contributed by atoms with van der Waals surface area (Å²) >= 11 is 0. The molecule has 0 saturated carbocycles. The number of aliphatic hydroxyl groups excluding tert-OH is 1. The molecule has 0 unspecified atom stereocenters. The van der Waals surface area contributed by atoms with Crippen molar-refractivity contribution in [3.05, 3.63) is 124 Å². The lowest BCUT2D eigenvalue weighted by Gasteiger charge is -2.58. The number of nitrogens with two attached hydrogens (primary N) is 1.